The fourth-order valence-corrected chi connectivity index (χ4v) is 1.37. The van der Waals surface area contributed by atoms with Gasteiger partial charge in [0, 0.05) is 31.0 Å². The summed E-state index contributed by atoms with van der Waals surface area (Å²) in [6.07, 6.45) is 1.11. The molecule has 1 aromatic heterocycles. The van der Waals surface area contributed by atoms with E-state index in [9.17, 15) is 14.4 Å². The number of hydrogen-bond acceptors (Lipinski definition) is 4. The molecule has 0 saturated heterocycles. The summed E-state index contributed by atoms with van der Waals surface area (Å²) < 4.78 is 0. The molecule has 7 nitrogen and oxygen atoms in total. The van der Waals surface area contributed by atoms with Gasteiger partial charge in [-0.1, -0.05) is 0 Å². The lowest BCUT2D eigenvalue weighted by molar-refractivity contribution is -0.139. The number of aromatic nitrogens is 1. The summed E-state index contributed by atoms with van der Waals surface area (Å²) in [6.45, 7) is 1.29. The largest absolute Gasteiger partial charge is 0.480 e. The number of pyridine rings is 1. The van der Waals surface area contributed by atoms with Crippen molar-refractivity contribution in [1.82, 2.24) is 10.3 Å². The molecule has 18 heavy (non-hydrogen) atoms. The summed E-state index contributed by atoms with van der Waals surface area (Å²) in [7, 11) is 0. The second-order valence-electron chi connectivity index (χ2n) is 3.77. The Labute approximate surface area is 102 Å². The lowest BCUT2D eigenvalue weighted by atomic mass is 10.2. The molecule has 1 aromatic rings. The van der Waals surface area contributed by atoms with Gasteiger partial charge in [0.2, 0.25) is 0 Å². The molecule has 1 amide bonds. The molecule has 0 bridgehead atoms. The van der Waals surface area contributed by atoms with Crippen LogP contribution in [0.1, 0.15) is 22.5 Å². The SMILES string of the molecule is Cc1cc(=O)c(C(=O)N[C@H](CCO)C(=O)O)c[nH]1. The Morgan fingerprint density at radius 2 is 2.17 bits per heavy atom. The van der Waals surface area contributed by atoms with Crippen LogP contribution in [-0.4, -0.2) is 39.7 Å². The summed E-state index contributed by atoms with van der Waals surface area (Å²) in [5.41, 5.74) is -0.0524. The molecule has 1 atom stereocenters. The topological polar surface area (TPSA) is 119 Å². The van der Waals surface area contributed by atoms with Gasteiger partial charge in [0.1, 0.15) is 11.6 Å². The number of carboxylic acids is 1. The number of aryl methyl sites for hydroxylation is 1. The second kappa shape index (κ2) is 5.97. The number of amides is 1. The molecule has 0 aliphatic rings. The molecule has 0 unspecified atom stereocenters. The van der Waals surface area contributed by atoms with Gasteiger partial charge in [-0.3, -0.25) is 9.59 Å². The Morgan fingerprint density at radius 1 is 1.50 bits per heavy atom. The van der Waals surface area contributed by atoms with Crippen molar-refractivity contribution in [3.63, 3.8) is 0 Å². The van der Waals surface area contributed by atoms with Gasteiger partial charge in [-0.25, -0.2) is 4.79 Å². The van der Waals surface area contributed by atoms with Gasteiger partial charge >= 0.3 is 5.97 Å². The van der Waals surface area contributed by atoms with Gasteiger partial charge < -0.3 is 20.5 Å². The van der Waals surface area contributed by atoms with E-state index in [1.54, 1.807) is 6.92 Å². The Kier molecular flexibility index (Phi) is 4.61. The number of carbonyl (C=O) groups excluding carboxylic acids is 1. The van der Waals surface area contributed by atoms with E-state index in [0.717, 1.165) is 0 Å². The van der Waals surface area contributed by atoms with Crippen molar-refractivity contribution in [2.45, 2.75) is 19.4 Å². The zero-order valence-electron chi connectivity index (χ0n) is 9.77. The first-order chi connectivity index (χ1) is 8.45. The van der Waals surface area contributed by atoms with Crippen LogP contribution in [0.2, 0.25) is 0 Å². The lowest BCUT2D eigenvalue weighted by Gasteiger charge is -2.12. The van der Waals surface area contributed by atoms with Gasteiger partial charge in [-0.2, -0.15) is 0 Å². The second-order valence-corrected chi connectivity index (χ2v) is 3.77. The predicted octanol–water partition coefficient (Wildman–Crippen LogP) is -0.751. The van der Waals surface area contributed by atoms with Crippen LogP contribution in [0.15, 0.2) is 17.1 Å². The Bertz CT molecular complexity index is 508. The number of carboxylic acid groups (broad SMARTS) is 1. The molecule has 0 radical (unpaired) electrons. The number of aliphatic hydroxyl groups excluding tert-OH is 1. The van der Waals surface area contributed by atoms with Crippen molar-refractivity contribution < 1.29 is 19.8 Å². The van der Waals surface area contributed by atoms with Crippen molar-refractivity contribution in [3.8, 4) is 0 Å². The highest BCUT2D eigenvalue weighted by Crippen LogP contribution is 1.96. The first kappa shape index (κ1) is 13.9. The first-order valence-corrected chi connectivity index (χ1v) is 5.29. The number of nitrogens with one attached hydrogen (secondary N) is 2. The summed E-state index contributed by atoms with van der Waals surface area (Å²) in [5, 5.41) is 19.7. The smallest absolute Gasteiger partial charge is 0.326 e. The van der Waals surface area contributed by atoms with Crippen LogP contribution >= 0.6 is 0 Å². The van der Waals surface area contributed by atoms with Crippen LogP contribution in [0, 0.1) is 6.92 Å². The van der Waals surface area contributed by atoms with Crippen LogP contribution in [0.4, 0.5) is 0 Å². The fourth-order valence-electron chi connectivity index (χ4n) is 1.37. The van der Waals surface area contributed by atoms with E-state index in [1.165, 1.54) is 12.3 Å². The molecule has 1 rings (SSSR count). The van der Waals surface area contributed by atoms with Gasteiger partial charge in [0.15, 0.2) is 5.43 Å². The summed E-state index contributed by atoms with van der Waals surface area (Å²) in [4.78, 5) is 36.7. The highest BCUT2D eigenvalue weighted by Gasteiger charge is 2.21. The lowest BCUT2D eigenvalue weighted by Crippen LogP contribution is -2.42. The number of carbonyl (C=O) groups is 2. The Balaban J connectivity index is 2.87. The monoisotopic (exact) mass is 254 g/mol. The van der Waals surface area contributed by atoms with Crippen molar-refractivity contribution in [3.05, 3.63) is 33.7 Å². The van der Waals surface area contributed by atoms with Crippen molar-refractivity contribution in [1.29, 1.82) is 0 Å². The number of H-pyrrole nitrogens is 1. The molecular weight excluding hydrogens is 240 g/mol. The predicted molar refractivity (Wildman–Crippen MR) is 62.4 cm³/mol. The normalized spacial score (nSPS) is 11.9. The fraction of sp³-hybridized carbons (Fsp3) is 0.364. The third kappa shape index (κ3) is 3.42. The van der Waals surface area contributed by atoms with E-state index in [4.69, 9.17) is 10.2 Å². The van der Waals surface area contributed by atoms with E-state index < -0.39 is 23.3 Å². The maximum absolute atomic E-state index is 11.7. The van der Waals surface area contributed by atoms with Gasteiger partial charge in [-0.05, 0) is 6.92 Å². The minimum atomic E-state index is -1.26. The zero-order valence-corrected chi connectivity index (χ0v) is 9.77. The van der Waals surface area contributed by atoms with Gasteiger partial charge in [0.25, 0.3) is 5.91 Å². The summed E-state index contributed by atoms with van der Waals surface area (Å²) in [5.74, 6) is -2.04. The van der Waals surface area contributed by atoms with Crippen molar-refractivity contribution in [2.75, 3.05) is 6.61 Å². The van der Waals surface area contributed by atoms with E-state index in [-0.39, 0.29) is 18.6 Å². The molecule has 0 spiro atoms. The first-order valence-electron chi connectivity index (χ1n) is 5.29. The molecule has 1 heterocycles. The Morgan fingerprint density at radius 3 is 2.67 bits per heavy atom. The zero-order chi connectivity index (χ0) is 13.7. The molecule has 98 valence electrons. The van der Waals surface area contributed by atoms with Crippen molar-refractivity contribution in [2.24, 2.45) is 0 Å². The molecule has 0 saturated carbocycles. The van der Waals surface area contributed by atoms with Crippen LogP contribution in [0.3, 0.4) is 0 Å². The maximum atomic E-state index is 11.7. The average Bonchev–Trinajstić information content (AvgIpc) is 2.27. The maximum Gasteiger partial charge on any atom is 0.326 e. The number of aromatic amines is 1. The number of hydrogen-bond donors (Lipinski definition) is 4. The quantitative estimate of drug-likeness (QED) is 0.551. The Hall–Kier alpha value is -2.15. The molecule has 0 aliphatic carbocycles. The minimum absolute atomic E-state index is 0.120. The van der Waals surface area contributed by atoms with E-state index in [2.05, 4.69) is 10.3 Å². The third-order valence-electron chi connectivity index (χ3n) is 2.32. The van der Waals surface area contributed by atoms with E-state index in [1.807, 2.05) is 0 Å². The molecule has 7 heteroatoms. The molecule has 0 fully saturated rings. The van der Waals surface area contributed by atoms with Gasteiger partial charge in [-0.15, -0.1) is 0 Å². The standard InChI is InChI=1S/C11H14N2O5/c1-6-4-9(15)7(5-12-6)10(16)13-8(2-3-14)11(17)18/h4-5,8,14H,2-3H2,1H3,(H,12,15)(H,13,16)(H,17,18)/t8-/m1/s1. The molecule has 0 aromatic carbocycles. The number of aliphatic hydroxyl groups is 1. The molecular formula is C11H14N2O5. The summed E-state index contributed by atoms with van der Waals surface area (Å²) in [6, 6.07) is 0.0275. The van der Waals surface area contributed by atoms with Gasteiger partial charge in [0.05, 0.1) is 0 Å². The number of rotatable bonds is 5. The van der Waals surface area contributed by atoms with Crippen LogP contribution in [0.25, 0.3) is 0 Å². The molecule has 0 aliphatic heterocycles. The highest BCUT2D eigenvalue weighted by atomic mass is 16.4. The van der Waals surface area contributed by atoms with E-state index in [0.29, 0.717) is 5.69 Å². The van der Waals surface area contributed by atoms with Crippen LogP contribution in [0.5, 0.6) is 0 Å². The summed E-state index contributed by atoms with van der Waals surface area (Å²) >= 11 is 0. The number of aliphatic carboxylic acids is 1. The average molecular weight is 254 g/mol. The third-order valence-corrected chi connectivity index (χ3v) is 2.32. The van der Waals surface area contributed by atoms with Crippen molar-refractivity contribution >= 4 is 11.9 Å². The highest BCUT2D eigenvalue weighted by molar-refractivity contribution is 5.96. The van der Waals surface area contributed by atoms with Crippen LogP contribution in [-0.2, 0) is 4.79 Å². The van der Waals surface area contributed by atoms with Crippen LogP contribution < -0.4 is 10.7 Å². The van der Waals surface area contributed by atoms with E-state index >= 15 is 0 Å². The minimum Gasteiger partial charge on any atom is -0.480 e. The molecule has 4 N–H and O–H groups in total.